The van der Waals surface area contributed by atoms with E-state index in [4.69, 9.17) is 16.3 Å². The minimum Gasteiger partial charge on any atom is -0.480 e. The van der Waals surface area contributed by atoms with Gasteiger partial charge in [-0.05, 0) is 6.07 Å². The molecule has 0 atom stereocenters. The molecule has 4 rings (SSSR count). The summed E-state index contributed by atoms with van der Waals surface area (Å²) < 4.78 is 7.33. The lowest BCUT2D eigenvalue weighted by molar-refractivity contribution is 0.400. The number of aryl methyl sites for hydroxylation is 1. The Kier molecular flexibility index (Phi) is 3.44. The molecule has 23 heavy (non-hydrogen) atoms. The molecule has 0 bridgehead atoms. The van der Waals surface area contributed by atoms with E-state index >= 15 is 0 Å². The molecule has 0 aliphatic carbocycles. The number of ether oxygens (including phenoxy) is 1. The van der Waals surface area contributed by atoms with Crippen LogP contribution in [0, 0.1) is 0 Å². The van der Waals surface area contributed by atoms with Crippen molar-refractivity contribution in [1.29, 1.82) is 0 Å². The minimum absolute atomic E-state index is 0.261. The van der Waals surface area contributed by atoms with E-state index < -0.39 is 0 Å². The smallest absolute Gasteiger partial charge is 0.233 e. The molecular formula is C14H16ClN7O. The van der Waals surface area contributed by atoms with Gasteiger partial charge in [0.25, 0.3) is 0 Å². The van der Waals surface area contributed by atoms with Crippen LogP contribution in [0.1, 0.15) is 11.5 Å². The SMILES string of the molecule is COc1nc2c(C3CNNC3)c(-c3ncn[nH]3)n(C)c2cc1Cl. The van der Waals surface area contributed by atoms with E-state index in [0.29, 0.717) is 16.7 Å². The average Bonchev–Trinajstić information content (AvgIpc) is 3.27. The van der Waals surface area contributed by atoms with E-state index in [9.17, 15) is 0 Å². The molecule has 0 unspecified atom stereocenters. The Labute approximate surface area is 137 Å². The largest absolute Gasteiger partial charge is 0.480 e. The van der Waals surface area contributed by atoms with Crippen LogP contribution in [-0.4, -0.2) is 44.9 Å². The summed E-state index contributed by atoms with van der Waals surface area (Å²) in [6.07, 6.45) is 1.50. The summed E-state index contributed by atoms with van der Waals surface area (Å²) >= 11 is 6.26. The van der Waals surface area contributed by atoms with Gasteiger partial charge in [0.15, 0.2) is 5.82 Å². The van der Waals surface area contributed by atoms with E-state index in [2.05, 4.69) is 31.0 Å². The predicted octanol–water partition coefficient (Wildman–Crippen LogP) is 1.21. The topological polar surface area (TPSA) is 92.7 Å². The van der Waals surface area contributed by atoms with Crippen molar-refractivity contribution >= 4 is 22.6 Å². The number of pyridine rings is 1. The van der Waals surface area contributed by atoms with Crippen molar-refractivity contribution in [3.05, 3.63) is 23.0 Å². The molecule has 0 amide bonds. The zero-order valence-corrected chi connectivity index (χ0v) is 13.5. The van der Waals surface area contributed by atoms with Gasteiger partial charge in [-0.15, -0.1) is 0 Å². The summed E-state index contributed by atoms with van der Waals surface area (Å²) in [5.74, 6) is 1.40. The standard InChI is InChI=1S/C14H16ClN7O/c1-22-9-3-8(15)14(23-2)20-11(9)10(7-4-17-18-5-7)12(22)13-16-6-19-21-13/h3,6-7,17-18H,4-5H2,1-2H3,(H,16,19,21). The molecule has 1 aliphatic rings. The Morgan fingerprint density at radius 3 is 2.78 bits per heavy atom. The first-order valence-electron chi connectivity index (χ1n) is 7.25. The number of hydrogen-bond acceptors (Lipinski definition) is 6. The second-order valence-electron chi connectivity index (χ2n) is 5.46. The Morgan fingerprint density at radius 2 is 2.13 bits per heavy atom. The third kappa shape index (κ3) is 2.18. The van der Waals surface area contributed by atoms with E-state index in [-0.39, 0.29) is 5.92 Å². The number of H-pyrrole nitrogens is 1. The summed E-state index contributed by atoms with van der Waals surface area (Å²) in [6, 6.07) is 1.88. The molecular weight excluding hydrogens is 318 g/mol. The molecule has 3 aromatic rings. The van der Waals surface area contributed by atoms with Crippen molar-refractivity contribution in [2.75, 3.05) is 20.2 Å². The van der Waals surface area contributed by atoms with Crippen LogP contribution < -0.4 is 15.6 Å². The fourth-order valence-electron chi connectivity index (χ4n) is 3.13. The second kappa shape index (κ2) is 5.48. The lowest BCUT2D eigenvalue weighted by atomic mass is 9.98. The Bertz CT molecular complexity index is 852. The molecule has 1 saturated heterocycles. The predicted molar refractivity (Wildman–Crippen MR) is 86.4 cm³/mol. The highest BCUT2D eigenvalue weighted by molar-refractivity contribution is 6.32. The molecule has 1 fully saturated rings. The number of hydrogen-bond donors (Lipinski definition) is 3. The maximum absolute atomic E-state index is 6.26. The molecule has 3 N–H and O–H groups in total. The summed E-state index contributed by atoms with van der Waals surface area (Å²) in [6.45, 7) is 1.62. The average molecular weight is 334 g/mol. The number of fused-ring (bicyclic) bond motifs is 1. The first-order valence-corrected chi connectivity index (χ1v) is 7.62. The molecule has 0 spiro atoms. The number of hydrazine groups is 1. The van der Waals surface area contributed by atoms with Gasteiger partial charge in [-0.3, -0.25) is 16.0 Å². The lowest BCUT2D eigenvalue weighted by Gasteiger charge is -2.10. The summed E-state index contributed by atoms with van der Waals surface area (Å²) in [7, 11) is 3.54. The van der Waals surface area contributed by atoms with Crippen LogP contribution in [0.25, 0.3) is 22.6 Å². The number of nitrogens with one attached hydrogen (secondary N) is 3. The number of methoxy groups -OCH3 is 1. The minimum atomic E-state index is 0.261. The first kappa shape index (κ1) is 14.4. The van der Waals surface area contributed by atoms with E-state index in [1.807, 2.05) is 17.7 Å². The fourth-order valence-corrected chi connectivity index (χ4v) is 3.36. The third-order valence-electron chi connectivity index (χ3n) is 4.19. The lowest BCUT2D eigenvalue weighted by Crippen LogP contribution is -2.21. The van der Waals surface area contributed by atoms with Gasteiger partial charge in [0, 0.05) is 31.6 Å². The van der Waals surface area contributed by atoms with Crippen molar-refractivity contribution in [2.45, 2.75) is 5.92 Å². The van der Waals surface area contributed by atoms with Gasteiger partial charge in [-0.25, -0.2) is 9.97 Å². The Balaban J connectivity index is 2.06. The van der Waals surface area contributed by atoms with E-state index in [0.717, 1.165) is 35.4 Å². The van der Waals surface area contributed by atoms with Crippen LogP contribution in [0.5, 0.6) is 5.88 Å². The summed E-state index contributed by atoms with van der Waals surface area (Å²) in [5.41, 5.74) is 10.2. The Morgan fingerprint density at radius 1 is 1.35 bits per heavy atom. The summed E-state index contributed by atoms with van der Waals surface area (Å²) in [5, 5.41) is 7.41. The van der Waals surface area contributed by atoms with Gasteiger partial charge in [-0.2, -0.15) is 5.10 Å². The van der Waals surface area contributed by atoms with Crippen LogP contribution in [-0.2, 0) is 7.05 Å². The number of aromatic amines is 1. The maximum Gasteiger partial charge on any atom is 0.233 e. The van der Waals surface area contributed by atoms with Gasteiger partial charge < -0.3 is 9.30 Å². The van der Waals surface area contributed by atoms with Crippen molar-refractivity contribution < 1.29 is 4.74 Å². The zero-order chi connectivity index (χ0) is 16.0. The number of aromatic nitrogens is 5. The molecule has 0 radical (unpaired) electrons. The van der Waals surface area contributed by atoms with Crippen LogP contribution >= 0.6 is 11.6 Å². The molecule has 4 heterocycles. The molecule has 120 valence electrons. The zero-order valence-electron chi connectivity index (χ0n) is 12.7. The van der Waals surface area contributed by atoms with Crippen LogP contribution in [0.3, 0.4) is 0 Å². The molecule has 8 nitrogen and oxygen atoms in total. The molecule has 0 aromatic carbocycles. The van der Waals surface area contributed by atoms with Crippen molar-refractivity contribution in [3.8, 4) is 17.4 Å². The first-order chi connectivity index (χ1) is 11.2. The number of rotatable bonds is 3. The van der Waals surface area contributed by atoms with Gasteiger partial charge in [0.2, 0.25) is 5.88 Å². The van der Waals surface area contributed by atoms with Gasteiger partial charge in [0.1, 0.15) is 11.3 Å². The highest BCUT2D eigenvalue weighted by Gasteiger charge is 2.29. The van der Waals surface area contributed by atoms with Crippen molar-refractivity contribution in [1.82, 2.24) is 35.6 Å². The van der Waals surface area contributed by atoms with Crippen LogP contribution in [0.2, 0.25) is 5.02 Å². The van der Waals surface area contributed by atoms with E-state index in [1.54, 1.807) is 7.11 Å². The van der Waals surface area contributed by atoms with Gasteiger partial charge in [0.05, 0.1) is 23.8 Å². The van der Waals surface area contributed by atoms with Crippen molar-refractivity contribution in [2.24, 2.45) is 7.05 Å². The second-order valence-corrected chi connectivity index (χ2v) is 5.87. The molecule has 0 saturated carbocycles. The van der Waals surface area contributed by atoms with Crippen LogP contribution in [0.4, 0.5) is 0 Å². The van der Waals surface area contributed by atoms with E-state index in [1.165, 1.54) is 6.33 Å². The van der Waals surface area contributed by atoms with Gasteiger partial charge >= 0.3 is 0 Å². The highest BCUT2D eigenvalue weighted by Crippen LogP contribution is 2.38. The third-order valence-corrected chi connectivity index (χ3v) is 4.46. The maximum atomic E-state index is 6.26. The Hall–Kier alpha value is -2.16. The monoisotopic (exact) mass is 333 g/mol. The normalized spacial score (nSPS) is 15.6. The molecule has 3 aromatic heterocycles. The summed E-state index contributed by atoms with van der Waals surface area (Å²) in [4.78, 5) is 8.96. The van der Waals surface area contributed by atoms with Crippen LogP contribution in [0.15, 0.2) is 12.4 Å². The van der Waals surface area contributed by atoms with Crippen molar-refractivity contribution in [3.63, 3.8) is 0 Å². The number of halogens is 1. The highest BCUT2D eigenvalue weighted by atomic mass is 35.5. The molecule has 1 aliphatic heterocycles. The fraction of sp³-hybridized carbons (Fsp3) is 0.357. The number of nitrogens with zero attached hydrogens (tertiary/aromatic N) is 4. The van der Waals surface area contributed by atoms with Gasteiger partial charge in [-0.1, -0.05) is 11.6 Å². The quantitative estimate of drug-likeness (QED) is 0.667. The molecule has 9 heteroatoms.